The molecule has 1 aliphatic heterocycles. The van der Waals surface area contributed by atoms with Gasteiger partial charge in [0, 0.05) is 24.7 Å². The van der Waals surface area contributed by atoms with Gasteiger partial charge in [0.05, 0.1) is 0 Å². The van der Waals surface area contributed by atoms with Crippen molar-refractivity contribution in [3.8, 4) is 0 Å². The fourth-order valence-electron chi connectivity index (χ4n) is 1.61. The van der Waals surface area contributed by atoms with Crippen molar-refractivity contribution < 1.29 is 9.18 Å². The van der Waals surface area contributed by atoms with E-state index in [2.05, 4.69) is 0 Å². The smallest absolute Gasteiger partial charge is 0.226 e. The quantitative estimate of drug-likeness (QED) is 0.726. The molecule has 1 fully saturated rings. The van der Waals surface area contributed by atoms with E-state index >= 15 is 0 Å². The maximum absolute atomic E-state index is 13.6. The summed E-state index contributed by atoms with van der Waals surface area (Å²) in [7, 11) is 0. The Morgan fingerprint density at radius 2 is 2.07 bits per heavy atom. The van der Waals surface area contributed by atoms with Crippen LogP contribution in [0.4, 0.5) is 4.39 Å². The van der Waals surface area contributed by atoms with Crippen molar-refractivity contribution in [1.29, 1.82) is 0 Å². The van der Waals surface area contributed by atoms with Gasteiger partial charge in [0.25, 0.3) is 0 Å². The number of nitrogens with zero attached hydrogens (tertiary/aromatic N) is 1. The first-order valence-electron chi connectivity index (χ1n) is 4.99. The Morgan fingerprint density at radius 1 is 1.33 bits per heavy atom. The molecule has 0 N–H and O–H groups in total. The Bertz CT molecular complexity index is 386. The van der Waals surface area contributed by atoms with Crippen LogP contribution in [0, 0.1) is 0 Å². The average Bonchev–Trinajstić information content (AvgIpc) is 2.66. The Kier molecular flexibility index (Phi) is 2.81. The zero-order valence-corrected chi connectivity index (χ0v) is 8.32. The molecule has 0 aliphatic carbocycles. The van der Waals surface area contributed by atoms with E-state index in [0.29, 0.717) is 18.5 Å². The Balaban J connectivity index is 2.17. The van der Waals surface area contributed by atoms with Crippen LogP contribution < -0.4 is 0 Å². The third-order valence-electron chi connectivity index (χ3n) is 2.43. The Hall–Kier alpha value is -1.64. The lowest BCUT2D eigenvalue weighted by atomic mass is 10.2. The summed E-state index contributed by atoms with van der Waals surface area (Å²) in [6, 6.07) is 8.75. The summed E-state index contributed by atoms with van der Waals surface area (Å²) in [5, 5.41) is 0. The first-order chi connectivity index (χ1) is 7.27. The standard InChI is InChI=1S/C12H12FNO/c13-11(10-5-2-1-3-6-10)9-14-8-4-7-12(14)15/h1-3,5-6,9H,4,7-8H2/b11-9-. The highest BCUT2D eigenvalue weighted by Gasteiger charge is 2.18. The van der Waals surface area contributed by atoms with E-state index in [-0.39, 0.29) is 11.7 Å². The largest absolute Gasteiger partial charge is 0.316 e. The second kappa shape index (κ2) is 4.26. The lowest BCUT2D eigenvalue weighted by molar-refractivity contribution is -0.125. The van der Waals surface area contributed by atoms with E-state index in [1.54, 1.807) is 24.3 Å². The molecule has 1 aromatic carbocycles. The summed E-state index contributed by atoms with van der Waals surface area (Å²) in [5.74, 6) is -0.355. The van der Waals surface area contributed by atoms with Crippen LogP contribution in [0.3, 0.4) is 0 Å². The summed E-state index contributed by atoms with van der Waals surface area (Å²) < 4.78 is 13.6. The molecular formula is C12H12FNO. The molecule has 15 heavy (non-hydrogen) atoms. The topological polar surface area (TPSA) is 20.3 Å². The van der Waals surface area contributed by atoms with Gasteiger partial charge in [0.2, 0.25) is 5.91 Å². The number of halogens is 1. The van der Waals surface area contributed by atoms with Gasteiger partial charge in [-0.1, -0.05) is 30.3 Å². The molecule has 1 saturated heterocycles. The monoisotopic (exact) mass is 205 g/mol. The second-order valence-electron chi connectivity index (χ2n) is 3.53. The highest BCUT2D eigenvalue weighted by Crippen LogP contribution is 2.19. The SMILES string of the molecule is O=C1CCCN1/C=C(\F)c1ccccc1. The number of hydrogen-bond donors (Lipinski definition) is 0. The minimum Gasteiger partial charge on any atom is -0.316 e. The van der Waals surface area contributed by atoms with Crippen LogP contribution in [-0.2, 0) is 4.79 Å². The predicted molar refractivity (Wildman–Crippen MR) is 56.5 cm³/mol. The van der Waals surface area contributed by atoms with E-state index in [0.717, 1.165) is 6.42 Å². The van der Waals surface area contributed by atoms with Crippen molar-refractivity contribution in [2.45, 2.75) is 12.8 Å². The summed E-state index contributed by atoms with van der Waals surface area (Å²) in [6.45, 7) is 0.624. The van der Waals surface area contributed by atoms with E-state index in [9.17, 15) is 9.18 Å². The number of rotatable bonds is 2. The number of amides is 1. The van der Waals surface area contributed by atoms with Gasteiger partial charge in [-0.05, 0) is 6.42 Å². The van der Waals surface area contributed by atoms with Crippen LogP contribution in [0.1, 0.15) is 18.4 Å². The maximum atomic E-state index is 13.6. The van der Waals surface area contributed by atoms with Crippen LogP contribution in [-0.4, -0.2) is 17.4 Å². The summed E-state index contributed by atoms with van der Waals surface area (Å²) in [4.78, 5) is 12.7. The third-order valence-corrected chi connectivity index (χ3v) is 2.43. The van der Waals surface area contributed by atoms with Gasteiger partial charge >= 0.3 is 0 Å². The fourth-order valence-corrected chi connectivity index (χ4v) is 1.61. The molecule has 1 aliphatic rings. The van der Waals surface area contributed by atoms with Crippen molar-refractivity contribution in [3.05, 3.63) is 42.1 Å². The van der Waals surface area contributed by atoms with Gasteiger partial charge in [-0.3, -0.25) is 4.79 Å². The number of carbonyl (C=O) groups is 1. The van der Waals surface area contributed by atoms with Gasteiger partial charge in [-0.15, -0.1) is 0 Å². The second-order valence-corrected chi connectivity index (χ2v) is 3.53. The van der Waals surface area contributed by atoms with Gasteiger partial charge in [0.1, 0.15) is 5.83 Å². The molecule has 1 amide bonds. The van der Waals surface area contributed by atoms with Crippen molar-refractivity contribution >= 4 is 11.7 Å². The maximum Gasteiger partial charge on any atom is 0.226 e. The molecule has 0 unspecified atom stereocenters. The van der Waals surface area contributed by atoms with Crippen molar-refractivity contribution in [3.63, 3.8) is 0 Å². The van der Waals surface area contributed by atoms with Crippen LogP contribution in [0.2, 0.25) is 0 Å². The van der Waals surface area contributed by atoms with Crippen LogP contribution in [0.5, 0.6) is 0 Å². The van der Waals surface area contributed by atoms with Crippen molar-refractivity contribution in [2.75, 3.05) is 6.54 Å². The van der Waals surface area contributed by atoms with Gasteiger partial charge in [-0.25, -0.2) is 4.39 Å². The van der Waals surface area contributed by atoms with E-state index in [1.165, 1.54) is 11.1 Å². The lowest BCUT2D eigenvalue weighted by Gasteiger charge is -2.09. The van der Waals surface area contributed by atoms with Crippen molar-refractivity contribution in [2.24, 2.45) is 0 Å². The summed E-state index contributed by atoms with van der Waals surface area (Å²) in [5.41, 5.74) is 0.511. The molecular weight excluding hydrogens is 193 g/mol. The minimum atomic E-state index is -0.356. The molecule has 0 bridgehead atoms. The van der Waals surface area contributed by atoms with Crippen molar-refractivity contribution in [1.82, 2.24) is 4.90 Å². The molecule has 0 spiro atoms. The molecule has 2 nitrogen and oxygen atoms in total. The first-order valence-corrected chi connectivity index (χ1v) is 4.99. The number of hydrogen-bond acceptors (Lipinski definition) is 1. The van der Waals surface area contributed by atoms with Crippen LogP contribution in [0.25, 0.3) is 5.83 Å². The van der Waals surface area contributed by atoms with Crippen LogP contribution in [0.15, 0.2) is 36.5 Å². The molecule has 0 radical (unpaired) electrons. The molecule has 3 heteroatoms. The van der Waals surface area contributed by atoms with Crippen LogP contribution >= 0.6 is 0 Å². The number of likely N-dealkylation sites (tertiary alicyclic amines) is 1. The molecule has 1 aromatic rings. The molecule has 2 rings (SSSR count). The molecule has 0 atom stereocenters. The normalized spacial score (nSPS) is 17.3. The van der Waals surface area contributed by atoms with E-state index < -0.39 is 0 Å². The highest BCUT2D eigenvalue weighted by atomic mass is 19.1. The fraction of sp³-hybridized carbons (Fsp3) is 0.250. The minimum absolute atomic E-state index is 0.00100. The van der Waals surface area contributed by atoms with Gasteiger partial charge in [-0.2, -0.15) is 0 Å². The predicted octanol–water partition coefficient (Wildman–Crippen LogP) is 2.58. The lowest BCUT2D eigenvalue weighted by Crippen LogP contribution is -2.17. The summed E-state index contributed by atoms with van der Waals surface area (Å²) >= 11 is 0. The molecule has 0 saturated carbocycles. The van der Waals surface area contributed by atoms with E-state index in [1.807, 2.05) is 6.07 Å². The third kappa shape index (κ3) is 2.24. The highest BCUT2D eigenvalue weighted by molar-refractivity contribution is 5.80. The molecule has 0 aromatic heterocycles. The molecule has 78 valence electrons. The Morgan fingerprint density at radius 3 is 2.67 bits per heavy atom. The number of benzene rings is 1. The van der Waals surface area contributed by atoms with Gasteiger partial charge in [0.15, 0.2) is 0 Å². The summed E-state index contributed by atoms with van der Waals surface area (Å²) in [6.07, 6.45) is 2.64. The molecule has 1 heterocycles. The zero-order valence-electron chi connectivity index (χ0n) is 8.32. The number of carbonyl (C=O) groups excluding carboxylic acids is 1. The first kappa shape index (κ1) is 9.90. The van der Waals surface area contributed by atoms with Gasteiger partial charge < -0.3 is 4.90 Å². The Labute approximate surface area is 88.0 Å². The van der Waals surface area contributed by atoms with E-state index in [4.69, 9.17) is 0 Å². The average molecular weight is 205 g/mol. The zero-order chi connectivity index (χ0) is 10.7.